The Morgan fingerprint density at radius 1 is 1.71 bits per heavy atom. The third kappa shape index (κ3) is 2.79. The number of rotatable bonds is 1. The molecule has 0 radical (unpaired) electrons. The fourth-order valence-electron chi connectivity index (χ4n) is 0.203. The Labute approximate surface area is 56.9 Å². The van der Waals surface area contributed by atoms with Crippen LogP contribution in [0.1, 0.15) is 13.8 Å². The second-order valence-corrected chi connectivity index (χ2v) is 2.35. The van der Waals surface area contributed by atoms with Crippen LogP contribution in [0, 0.1) is 0 Å². The van der Waals surface area contributed by atoms with Gasteiger partial charge in [0.15, 0.2) is 5.78 Å². The fraction of sp³-hybridized carbons (Fsp3) is 0.400. The van der Waals surface area contributed by atoms with Crippen molar-refractivity contribution in [3.63, 3.8) is 0 Å². The number of halogens is 1. The van der Waals surface area contributed by atoms with E-state index in [0.717, 1.165) is 3.58 Å². The number of carbonyl (C=O) groups is 1. The highest BCUT2D eigenvalue weighted by molar-refractivity contribution is 14.1. The van der Waals surface area contributed by atoms with Gasteiger partial charge in [-0.05, 0) is 36.4 Å². The molecule has 0 N–H and O–H groups in total. The van der Waals surface area contributed by atoms with E-state index < -0.39 is 0 Å². The summed E-state index contributed by atoms with van der Waals surface area (Å²) in [5, 5.41) is 0. The molecule has 2 heteroatoms. The van der Waals surface area contributed by atoms with Gasteiger partial charge in [-0.2, -0.15) is 0 Å². The minimum Gasteiger partial charge on any atom is -0.294 e. The van der Waals surface area contributed by atoms with Gasteiger partial charge < -0.3 is 0 Å². The van der Waals surface area contributed by atoms with Crippen molar-refractivity contribution < 1.29 is 4.79 Å². The smallest absolute Gasteiger partial charge is 0.165 e. The summed E-state index contributed by atoms with van der Waals surface area (Å²) in [7, 11) is 0. The monoisotopic (exact) mass is 210 g/mol. The molecule has 0 heterocycles. The van der Waals surface area contributed by atoms with Crippen molar-refractivity contribution in [1.82, 2.24) is 0 Å². The van der Waals surface area contributed by atoms with E-state index in [-0.39, 0.29) is 5.78 Å². The Morgan fingerprint density at radius 2 is 2.14 bits per heavy atom. The summed E-state index contributed by atoms with van der Waals surface area (Å²) < 4.78 is 0.803. The van der Waals surface area contributed by atoms with Crippen LogP contribution in [0.3, 0.4) is 0 Å². The largest absolute Gasteiger partial charge is 0.294 e. The lowest BCUT2D eigenvalue weighted by atomic mass is 10.4. The van der Waals surface area contributed by atoms with E-state index in [1.54, 1.807) is 13.0 Å². The summed E-state index contributed by atoms with van der Waals surface area (Å²) >= 11 is 2.01. The molecule has 0 aliphatic heterocycles. The van der Waals surface area contributed by atoms with Crippen LogP contribution in [-0.2, 0) is 4.79 Å². The second-order valence-electron chi connectivity index (χ2n) is 1.19. The van der Waals surface area contributed by atoms with Gasteiger partial charge in [0.05, 0.1) is 3.58 Å². The lowest BCUT2D eigenvalue weighted by Crippen LogP contribution is -1.84. The van der Waals surface area contributed by atoms with E-state index >= 15 is 0 Å². The second kappa shape index (κ2) is 3.18. The van der Waals surface area contributed by atoms with E-state index in [1.165, 1.54) is 0 Å². The van der Waals surface area contributed by atoms with Gasteiger partial charge in [0.2, 0.25) is 0 Å². The van der Waals surface area contributed by atoms with Gasteiger partial charge in [-0.15, -0.1) is 0 Å². The maximum Gasteiger partial charge on any atom is 0.165 e. The van der Waals surface area contributed by atoms with Crippen LogP contribution in [0.2, 0.25) is 0 Å². The van der Waals surface area contributed by atoms with Crippen LogP contribution in [0.4, 0.5) is 0 Å². The van der Waals surface area contributed by atoms with E-state index in [2.05, 4.69) is 0 Å². The van der Waals surface area contributed by atoms with Gasteiger partial charge in [-0.25, -0.2) is 0 Å². The number of Topliss-reactive ketones (excluding diaryl/α,β-unsaturated/α-hetero) is 1. The molecule has 0 fully saturated rings. The maximum atomic E-state index is 10.3. The summed E-state index contributed by atoms with van der Waals surface area (Å²) in [6, 6.07) is 0. The van der Waals surface area contributed by atoms with Crippen LogP contribution in [0.5, 0.6) is 0 Å². The third-order valence-corrected chi connectivity index (χ3v) is 1.97. The summed E-state index contributed by atoms with van der Waals surface area (Å²) in [5.41, 5.74) is 0. The SMILES string of the molecule is C/C=C(\I)C(C)=O. The standard InChI is InChI=1S/C5H7IO/c1-3-5(6)4(2)7/h3H,1-2H3/b5-3-. The average Bonchev–Trinajstić information content (AvgIpc) is 1.65. The van der Waals surface area contributed by atoms with Crippen LogP contribution in [-0.4, -0.2) is 5.78 Å². The zero-order valence-corrected chi connectivity index (χ0v) is 6.52. The molecule has 0 saturated heterocycles. The Bertz CT molecular complexity index is 105. The highest BCUT2D eigenvalue weighted by Crippen LogP contribution is 2.04. The molecule has 7 heavy (non-hydrogen) atoms. The molecular weight excluding hydrogens is 203 g/mol. The predicted octanol–water partition coefficient (Wildman–Crippen LogP) is 1.91. The van der Waals surface area contributed by atoms with E-state index in [0.29, 0.717) is 0 Å². The van der Waals surface area contributed by atoms with Gasteiger partial charge >= 0.3 is 0 Å². The molecule has 0 aliphatic rings. The zero-order chi connectivity index (χ0) is 5.86. The molecule has 0 aliphatic carbocycles. The molecule has 0 spiro atoms. The van der Waals surface area contributed by atoms with Crippen molar-refractivity contribution in [2.75, 3.05) is 0 Å². The van der Waals surface area contributed by atoms with Gasteiger partial charge in [-0.1, -0.05) is 6.08 Å². The van der Waals surface area contributed by atoms with Crippen LogP contribution in [0.15, 0.2) is 9.66 Å². The molecule has 0 unspecified atom stereocenters. The fourth-order valence-corrected chi connectivity index (χ4v) is 0.203. The maximum absolute atomic E-state index is 10.3. The zero-order valence-electron chi connectivity index (χ0n) is 4.36. The molecule has 0 amide bonds. The molecule has 0 aromatic rings. The number of hydrogen-bond acceptors (Lipinski definition) is 1. The van der Waals surface area contributed by atoms with Crippen molar-refractivity contribution in [3.8, 4) is 0 Å². The van der Waals surface area contributed by atoms with Crippen molar-refractivity contribution in [2.45, 2.75) is 13.8 Å². The summed E-state index contributed by atoms with van der Waals surface area (Å²) in [4.78, 5) is 10.3. The molecule has 0 rings (SSSR count). The molecule has 0 atom stereocenters. The first-order chi connectivity index (χ1) is 3.18. The van der Waals surface area contributed by atoms with Gasteiger partial charge in [0, 0.05) is 0 Å². The molecule has 0 aromatic heterocycles. The third-order valence-electron chi connectivity index (χ3n) is 0.590. The Balaban J connectivity index is 3.82. The molecule has 0 saturated carbocycles. The molecular formula is C5H7IO. The van der Waals surface area contributed by atoms with Crippen molar-refractivity contribution in [3.05, 3.63) is 9.66 Å². The van der Waals surface area contributed by atoms with Gasteiger partial charge in [0.1, 0.15) is 0 Å². The van der Waals surface area contributed by atoms with Crippen molar-refractivity contribution in [1.29, 1.82) is 0 Å². The molecule has 0 bridgehead atoms. The van der Waals surface area contributed by atoms with Gasteiger partial charge in [-0.3, -0.25) is 4.79 Å². The van der Waals surface area contributed by atoms with Crippen LogP contribution < -0.4 is 0 Å². The van der Waals surface area contributed by atoms with Crippen LogP contribution >= 0.6 is 22.6 Å². The molecule has 40 valence electrons. The normalized spacial score (nSPS) is 11.6. The minimum absolute atomic E-state index is 0.142. The summed E-state index contributed by atoms with van der Waals surface area (Å²) in [6.45, 7) is 3.41. The highest BCUT2D eigenvalue weighted by Gasteiger charge is 1.91. The average molecular weight is 210 g/mol. The Kier molecular flexibility index (Phi) is 3.25. The van der Waals surface area contributed by atoms with Crippen molar-refractivity contribution >= 4 is 28.4 Å². The summed E-state index contributed by atoms with van der Waals surface area (Å²) in [5.74, 6) is 0.142. The van der Waals surface area contributed by atoms with E-state index in [9.17, 15) is 4.79 Å². The number of allylic oxidation sites excluding steroid dienone is 2. The van der Waals surface area contributed by atoms with E-state index in [1.807, 2.05) is 29.5 Å². The Hall–Kier alpha value is 0.140. The number of ketones is 1. The molecule has 1 nitrogen and oxygen atoms in total. The first-order valence-electron chi connectivity index (χ1n) is 2.01. The quantitative estimate of drug-likeness (QED) is 0.477. The lowest BCUT2D eigenvalue weighted by molar-refractivity contribution is -0.112. The van der Waals surface area contributed by atoms with Gasteiger partial charge in [0.25, 0.3) is 0 Å². The van der Waals surface area contributed by atoms with Crippen molar-refractivity contribution in [2.24, 2.45) is 0 Å². The van der Waals surface area contributed by atoms with E-state index in [4.69, 9.17) is 0 Å². The lowest BCUT2D eigenvalue weighted by Gasteiger charge is -1.82. The highest BCUT2D eigenvalue weighted by atomic mass is 127. The first-order valence-corrected chi connectivity index (χ1v) is 3.09. The predicted molar refractivity (Wildman–Crippen MR) is 38.5 cm³/mol. The van der Waals surface area contributed by atoms with Crippen LogP contribution in [0.25, 0.3) is 0 Å². The minimum atomic E-state index is 0.142. The molecule has 0 aromatic carbocycles. The summed E-state index contributed by atoms with van der Waals surface area (Å²) in [6.07, 6.45) is 1.79. The Morgan fingerprint density at radius 3 is 2.14 bits per heavy atom. The topological polar surface area (TPSA) is 17.1 Å². The number of hydrogen-bond donors (Lipinski definition) is 0. The first kappa shape index (κ1) is 7.14. The number of carbonyl (C=O) groups excluding carboxylic acids is 1.